The van der Waals surface area contributed by atoms with Crippen LogP contribution in [0.4, 0.5) is 5.69 Å². The topological polar surface area (TPSA) is 272 Å². The van der Waals surface area contributed by atoms with Gasteiger partial charge in [0.1, 0.15) is 22.6 Å². The van der Waals surface area contributed by atoms with Gasteiger partial charge in [0.25, 0.3) is 5.91 Å². The lowest BCUT2D eigenvalue weighted by Gasteiger charge is -2.38. The van der Waals surface area contributed by atoms with Crippen LogP contribution in [0, 0.1) is 28.6 Å². The smallest absolute Gasteiger partial charge is 0.255 e. The summed E-state index contributed by atoms with van der Waals surface area (Å²) in [7, 11) is -3.36. The van der Waals surface area contributed by atoms with Gasteiger partial charge in [-0.2, -0.15) is 20.7 Å². The summed E-state index contributed by atoms with van der Waals surface area (Å²) in [6.45, 7) is 16.7. The minimum Gasteiger partial charge on any atom is -0.379 e. The van der Waals surface area contributed by atoms with Gasteiger partial charge in [0.15, 0.2) is 0 Å². The number of nitriles is 2. The summed E-state index contributed by atoms with van der Waals surface area (Å²) in [6, 6.07) is 78.7. The maximum absolute atomic E-state index is 12.9. The van der Waals surface area contributed by atoms with Crippen molar-refractivity contribution in [1.82, 2.24) is 82.0 Å². The van der Waals surface area contributed by atoms with E-state index in [-0.39, 0.29) is 17.7 Å². The first-order valence-electron chi connectivity index (χ1n) is 45.4. The van der Waals surface area contributed by atoms with Crippen molar-refractivity contribution < 1.29 is 27.5 Å². The lowest BCUT2D eigenvalue weighted by atomic mass is 9.84. The maximum atomic E-state index is 12.9. The Kier molecular flexibility index (Phi) is 28.8. The van der Waals surface area contributed by atoms with Gasteiger partial charge in [0.05, 0.1) is 112 Å². The van der Waals surface area contributed by atoms with Crippen molar-refractivity contribution in [3.05, 3.63) is 327 Å². The molecule has 31 heteroatoms. The van der Waals surface area contributed by atoms with Crippen LogP contribution in [0.3, 0.4) is 0 Å². The first-order valence-corrected chi connectivity index (χ1v) is 48.8. The van der Waals surface area contributed by atoms with E-state index in [0.717, 1.165) is 228 Å². The third kappa shape index (κ3) is 21.7. The van der Waals surface area contributed by atoms with Crippen LogP contribution in [0.15, 0.2) is 268 Å². The second kappa shape index (κ2) is 42.2. The second-order valence-electron chi connectivity index (χ2n) is 34.4. The minimum atomic E-state index is -3.36. The Morgan fingerprint density at radius 1 is 0.397 bits per heavy atom. The number of halogens is 4. The zero-order valence-corrected chi connectivity index (χ0v) is 79.0. The van der Waals surface area contributed by atoms with E-state index in [1.807, 2.05) is 201 Å². The summed E-state index contributed by atoms with van der Waals surface area (Å²) in [5.41, 5.74) is 23.7. The van der Waals surface area contributed by atoms with E-state index in [9.17, 15) is 33.3 Å². The molecule has 1 N–H and O–H groups in total. The molecule has 4 aliphatic heterocycles. The van der Waals surface area contributed by atoms with Crippen molar-refractivity contribution in [3.8, 4) is 90.5 Å². The number of rotatable bonds is 19. The molecule has 0 atom stereocenters. The van der Waals surface area contributed by atoms with Gasteiger partial charge in [-0.1, -0.05) is 168 Å². The van der Waals surface area contributed by atoms with Crippen LogP contribution in [0.5, 0.6) is 0 Å². The highest BCUT2D eigenvalue weighted by Crippen LogP contribution is 2.38. The third-order valence-corrected chi connectivity index (χ3v) is 27.1. The first-order chi connectivity index (χ1) is 66.2. The van der Waals surface area contributed by atoms with Crippen molar-refractivity contribution in [2.24, 2.45) is 5.92 Å². The number of nitrogens with zero attached hydrogens (tertiary/aromatic N) is 19. The fraction of sp³-hybridized carbons (Fsp3) is 0.248. The number of fused-ring (bicyclic) bond motifs is 4. The van der Waals surface area contributed by atoms with Crippen LogP contribution < -0.4 is 4.72 Å². The molecule has 1 aliphatic carbocycles. The molecule has 1 saturated carbocycles. The van der Waals surface area contributed by atoms with Crippen molar-refractivity contribution >= 4 is 102 Å². The summed E-state index contributed by atoms with van der Waals surface area (Å²) < 4.78 is 39.7. The maximum Gasteiger partial charge on any atom is 0.255 e. The van der Waals surface area contributed by atoms with E-state index in [4.69, 9.17) is 71.1 Å². The lowest BCUT2D eigenvalue weighted by Crippen LogP contribution is -2.50. The third-order valence-electron chi connectivity index (χ3n) is 25.5. The number of sulfonamides is 1. The molecule has 0 spiro atoms. The minimum absolute atomic E-state index is 0.00120. The van der Waals surface area contributed by atoms with Crippen molar-refractivity contribution in [1.29, 1.82) is 10.5 Å². The molecule has 9 aromatic heterocycles. The van der Waals surface area contributed by atoms with E-state index in [0.29, 0.717) is 94.3 Å². The molecule has 136 heavy (non-hydrogen) atoms. The molecule has 688 valence electrons. The number of pyridine rings is 4. The van der Waals surface area contributed by atoms with Crippen LogP contribution >= 0.6 is 46.4 Å². The van der Waals surface area contributed by atoms with Gasteiger partial charge < -0.3 is 32.6 Å². The van der Waals surface area contributed by atoms with Gasteiger partial charge >= 0.3 is 0 Å². The van der Waals surface area contributed by atoms with E-state index >= 15 is 0 Å². The zero-order chi connectivity index (χ0) is 93.9. The summed E-state index contributed by atoms with van der Waals surface area (Å²) in [5, 5.41) is 29.6. The normalized spacial score (nSPS) is 15.2. The molecule has 5 fully saturated rings. The number of benzene rings is 7. The van der Waals surface area contributed by atoms with Gasteiger partial charge in [-0.3, -0.25) is 43.1 Å². The molecule has 3 amide bonds. The Balaban J connectivity index is 0.000000121. The number of nitrogens with one attached hydrogen (secondary N) is 1. The first kappa shape index (κ1) is 92.9. The lowest BCUT2D eigenvalue weighted by molar-refractivity contribution is -0.140. The number of carbonyl (C=O) groups excluding carboxylic acids is 3. The Morgan fingerprint density at radius 2 is 0.757 bits per heavy atom. The summed E-state index contributed by atoms with van der Waals surface area (Å²) in [5.74, 6) is 0.704. The van der Waals surface area contributed by atoms with Crippen LogP contribution in [-0.4, -0.2) is 219 Å². The van der Waals surface area contributed by atoms with Gasteiger partial charge in [0, 0.05) is 209 Å². The van der Waals surface area contributed by atoms with Crippen LogP contribution in [0.25, 0.3) is 101 Å². The molecule has 7 aromatic carbocycles. The van der Waals surface area contributed by atoms with Gasteiger partial charge in [-0.25, -0.2) is 28.4 Å². The summed E-state index contributed by atoms with van der Waals surface area (Å²) in [4.78, 5) is 72.4. The van der Waals surface area contributed by atoms with Gasteiger partial charge in [0.2, 0.25) is 21.8 Å². The van der Waals surface area contributed by atoms with E-state index in [1.165, 1.54) is 12.6 Å². The van der Waals surface area contributed by atoms with Crippen molar-refractivity contribution in [2.45, 2.75) is 52.4 Å². The molecule has 0 radical (unpaired) electrons. The molecular formula is C105H98Cl4N20O6S. The van der Waals surface area contributed by atoms with E-state index in [1.54, 1.807) is 31.5 Å². The number of imidazole rings is 4. The molecule has 5 aliphatic rings. The second-order valence-corrected chi connectivity index (χ2v) is 37.9. The predicted octanol–water partition coefficient (Wildman–Crippen LogP) is 18.4. The number of anilines is 1. The van der Waals surface area contributed by atoms with Gasteiger partial charge in [-0.15, -0.1) is 0 Å². The standard InChI is InChI=1S/C30H28ClN5O.C29H25ClN6O.C27H24ClN5O.C19H21ClN4O3S/c31-25-11-8-21(9-12-25)29-27(20-34-14-16-35(17-15-34)30(37)22-5-3-6-22)36-19-24(10-13-28(36)33-29)26-7-2-1-4-23(26)18-32;30-25-9-6-22(7-10-25)28-26(36-19-24(8-11-27(36)33-28)21-4-2-1-3-5-21)20-34-14-16-35(17-15-34)29(37)23-12-13-31-32-18-23;1-19(34)32-14-12-31(13-15-32)18-25-27(20-6-9-23(28)10-7-20)30-26-11-8-22(17-33(25)26)24-5-3-2-4-21(24)16-29;1-28(25,26)22-16-6-7-18-21-19(14-2-4-15(20)5-3-14)17(24(18)12-16)13-23-8-10-27-11-9-23/h1-2,4,7-13,19,22H,3,5-6,14-17,20H2;1-13,18-19H,14-17,20H2;2-11,17H,12-15,18H2,1H3;2-7,12,22H,8-11,13H2,1H3. The quantitative estimate of drug-likeness (QED) is 0.0788. The number of carbonyl (C=O) groups is 3. The predicted molar refractivity (Wildman–Crippen MR) is 533 cm³/mol. The summed E-state index contributed by atoms with van der Waals surface area (Å²) >= 11 is 24.5. The monoisotopic (exact) mass is 1910 g/mol. The van der Waals surface area contributed by atoms with E-state index < -0.39 is 10.0 Å². The van der Waals surface area contributed by atoms with E-state index in [2.05, 4.69) is 115 Å². The van der Waals surface area contributed by atoms with Crippen molar-refractivity contribution in [2.75, 3.05) is 116 Å². The molecule has 13 heterocycles. The average molecular weight is 1910 g/mol. The largest absolute Gasteiger partial charge is 0.379 e. The highest BCUT2D eigenvalue weighted by molar-refractivity contribution is 7.92. The Hall–Kier alpha value is -13.5. The molecule has 0 unspecified atom stereocenters. The molecule has 0 bridgehead atoms. The van der Waals surface area contributed by atoms with Gasteiger partial charge in [-0.05, 0) is 150 Å². The number of hydrogen-bond acceptors (Lipinski definition) is 18. The zero-order valence-electron chi connectivity index (χ0n) is 75.1. The number of amides is 3. The number of morpholine rings is 1. The average Bonchev–Trinajstić information content (AvgIpc) is 1.63. The Labute approximate surface area is 808 Å². The fourth-order valence-corrected chi connectivity index (χ4v) is 19.0. The highest BCUT2D eigenvalue weighted by atomic mass is 35.5. The SMILES string of the molecule is CC(=O)N1CCN(Cc2c(-c3ccc(Cl)cc3)nc3ccc(-c4ccccc4C#N)cn23)CC1.CS(=O)(=O)Nc1ccc2nc(-c3ccc(Cl)cc3)c(CN3CCOCC3)n2c1.N#Cc1ccccc1-c1ccc2nc(-c3ccc(Cl)cc3)c(CN3CCN(C(=O)C4CCC4)CC3)n2c1.O=C(c1ccnnc1)N1CCN(Cc2c(-c3ccc(Cl)cc3)nc3ccc(-c4ccccc4)cn23)CC1. The number of ether oxygens (including phenoxy) is 1. The highest BCUT2D eigenvalue weighted by Gasteiger charge is 2.34. The number of aromatic nitrogens is 10. The number of piperazine rings is 3. The summed E-state index contributed by atoms with van der Waals surface area (Å²) in [6.07, 6.45) is 15.6. The fourth-order valence-electron chi connectivity index (χ4n) is 18.0. The van der Waals surface area contributed by atoms with Crippen LogP contribution in [0.2, 0.25) is 20.1 Å². The molecular weight excluding hydrogens is 1810 g/mol. The molecule has 16 aromatic rings. The molecule has 26 nitrogen and oxygen atoms in total. The molecule has 21 rings (SSSR count). The van der Waals surface area contributed by atoms with Crippen LogP contribution in [0.1, 0.15) is 70.4 Å². The molecule has 4 saturated heterocycles. The number of hydrogen-bond donors (Lipinski definition) is 1. The van der Waals surface area contributed by atoms with Crippen molar-refractivity contribution in [3.63, 3.8) is 0 Å². The van der Waals surface area contributed by atoms with Crippen LogP contribution in [-0.2, 0) is 50.5 Å². The Bertz CT molecular complexity index is 7220. The Morgan fingerprint density at radius 3 is 1.14 bits per heavy atom.